The lowest BCUT2D eigenvalue weighted by Gasteiger charge is -2.35. The Morgan fingerprint density at radius 3 is 2.32 bits per heavy atom. The molecule has 0 aliphatic heterocycles. The molecule has 0 saturated heterocycles. The summed E-state index contributed by atoms with van der Waals surface area (Å²) < 4.78 is 7.21. The smallest absolute Gasteiger partial charge is 0.341 e. The van der Waals surface area contributed by atoms with Gasteiger partial charge in [-0.1, -0.05) is 22.0 Å². The van der Waals surface area contributed by atoms with Crippen molar-refractivity contribution in [2.24, 2.45) is 5.73 Å². The first-order valence-electron chi connectivity index (χ1n) is 8.78. The number of nitrogens with zero attached hydrogens (tertiary/aromatic N) is 1. The third-order valence-corrected chi connectivity index (χ3v) is 4.73. The molecule has 1 amide bonds. The predicted octanol–water partition coefficient (Wildman–Crippen LogP) is 3.38. The van der Waals surface area contributed by atoms with E-state index in [4.69, 9.17) is 15.6 Å². The van der Waals surface area contributed by atoms with E-state index in [0.717, 1.165) is 6.42 Å². The Balaban J connectivity index is 2.85. The molecule has 0 saturated carbocycles. The van der Waals surface area contributed by atoms with Gasteiger partial charge in [0.25, 0.3) is 11.7 Å². The fraction of sp³-hybridized carbons (Fsp3) is 0.450. The molecule has 152 valence electrons. The van der Waals surface area contributed by atoms with Gasteiger partial charge in [-0.3, -0.25) is 9.59 Å². The van der Waals surface area contributed by atoms with Crippen molar-refractivity contribution in [3.8, 4) is 5.75 Å². The second-order valence-electron chi connectivity index (χ2n) is 8.03. The Labute approximate surface area is 172 Å². The van der Waals surface area contributed by atoms with Crippen LogP contribution < -0.4 is 10.5 Å². The van der Waals surface area contributed by atoms with Crippen LogP contribution in [0.1, 0.15) is 50.2 Å². The molecule has 7 nitrogen and oxygen atoms in total. The number of fused-ring (bicyclic) bond motifs is 1. The van der Waals surface area contributed by atoms with Gasteiger partial charge in [0.1, 0.15) is 5.75 Å². The van der Waals surface area contributed by atoms with Crippen LogP contribution in [-0.2, 0) is 15.1 Å². The van der Waals surface area contributed by atoms with E-state index in [1.807, 2.05) is 38.3 Å². The Hall–Kier alpha value is -2.35. The number of carbonyl (C=O) groups is 3. The van der Waals surface area contributed by atoms with E-state index < -0.39 is 29.8 Å². The molecule has 1 aromatic heterocycles. The molecule has 3 N–H and O–H groups in total. The molecular formula is C20H25BrN2O5. The summed E-state index contributed by atoms with van der Waals surface area (Å²) in [7, 11) is 0. The molecule has 0 fully saturated rings. The highest BCUT2D eigenvalue weighted by molar-refractivity contribution is 9.10. The number of amides is 1. The topological polar surface area (TPSA) is 112 Å². The minimum absolute atomic E-state index is 0.143. The highest BCUT2D eigenvalue weighted by Gasteiger charge is 2.34. The third kappa shape index (κ3) is 4.38. The first kappa shape index (κ1) is 21.9. The van der Waals surface area contributed by atoms with Crippen LogP contribution >= 0.6 is 15.9 Å². The lowest BCUT2D eigenvalue weighted by molar-refractivity contribution is -0.139. The Morgan fingerprint density at radius 1 is 1.21 bits per heavy atom. The van der Waals surface area contributed by atoms with Crippen LogP contribution in [0.5, 0.6) is 5.75 Å². The van der Waals surface area contributed by atoms with Crippen molar-refractivity contribution < 1.29 is 24.2 Å². The van der Waals surface area contributed by atoms with Gasteiger partial charge in [0, 0.05) is 15.6 Å². The van der Waals surface area contributed by atoms with Gasteiger partial charge in [-0.2, -0.15) is 0 Å². The first-order chi connectivity index (χ1) is 12.8. The number of carboxylic acids is 1. The van der Waals surface area contributed by atoms with Crippen molar-refractivity contribution in [3.63, 3.8) is 0 Å². The number of Topliss-reactive ketones (excluding diaryl/α,β-unsaturated/α-hetero) is 1. The van der Waals surface area contributed by atoms with Crippen LogP contribution in [0.2, 0.25) is 0 Å². The number of aliphatic carboxylic acids is 1. The van der Waals surface area contributed by atoms with Crippen LogP contribution in [0.3, 0.4) is 0 Å². The fourth-order valence-electron chi connectivity index (χ4n) is 3.98. The van der Waals surface area contributed by atoms with E-state index >= 15 is 0 Å². The van der Waals surface area contributed by atoms with Crippen molar-refractivity contribution in [2.75, 3.05) is 6.61 Å². The molecular weight excluding hydrogens is 428 g/mol. The number of carboxylic acid groups (broad SMARTS) is 1. The third-order valence-electron chi connectivity index (χ3n) is 4.45. The van der Waals surface area contributed by atoms with Crippen molar-refractivity contribution in [2.45, 2.75) is 50.9 Å². The summed E-state index contributed by atoms with van der Waals surface area (Å²) in [6.45, 7) is 9.35. The molecule has 0 aliphatic carbocycles. The van der Waals surface area contributed by atoms with Crippen LogP contribution in [0.4, 0.5) is 0 Å². The van der Waals surface area contributed by atoms with Crippen LogP contribution in [0.15, 0.2) is 18.2 Å². The number of halogens is 1. The number of ether oxygens (including phenoxy) is 1. The van der Waals surface area contributed by atoms with E-state index in [9.17, 15) is 14.4 Å². The van der Waals surface area contributed by atoms with Gasteiger partial charge in [-0.05, 0) is 53.2 Å². The zero-order valence-corrected chi connectivity index (χ0v) is 18.2. The van der Waals surface area contributed by atoms with E-state index in [1.165, 1.54) is 0 Å². The number of hydrogen-bond acceptors (Lipinski definition) is 4. The molecule has 0 spiro atoms. The SMILES string of the molecule is Cc1c(C(=O)C(N)=O)c2c(OCC(=O)O)cccc2n1C(C)(C)CC(C)(C)Br. The van der Waals surface area contributed by atoms with E-state index in [-0.39, 0.29) is 15.6 Å². The standard InChI is InChI=1S/C20H25BrN2O5/c1-11-15(17(26)18(22)27)16-12(7-6-8-13(16)28-9-14(24)25)23(11)20(4,5)10-19(2,3)21/h6-8H,9-10H2,1-5H3,(H2,22,27)(H,24,25). The normalized spacial score (nSPS) is 12.2. The number of ketones is 1. The van der Waals surface area contributed by atoms with Crippen molar-refractivity contribution in [1.82, 2.24) is 4.57 Å². The van der Waals surface area contributed by atoms with E-state index in [2.05, 4.69) is 15.9 Å². The zero-order valence-electron chi connectivity index (χ0n) is 16.6. The van der Waals surface area contributed by atoms with Gasteiger partial charge in [-0.25, -0.2) is 4.79 Å². The van der Waals surface area contributed by atoms with Gasteiger partial charge in [0.15, 0.2) is 6.61 Å². The largest absolute Gasteiger partial charge is 0.481 e. The molecule has 1 aromatic carbocycles. The molecule has 2 rings (SSSR count). The quantitative estimate of drug-likeness (QED) is 0.362. The highest BCUT2D eigenvalue weighted by atomic mass is 79.9. The Kier molecular flexibility index (Phi) is 5.94. The van der Waals surface area contributed by atoms with Crippen molar-refractivity contribution in [3.05, 3.63) is 29.5 Å². The van der Waals surface area contributed by atoms with Crippen LogP contribution in [0.25, 0.3) is 10.9 Å². The molecule has 0 aliphatic rings. The summed E-state index contributed by atoms with van der Waals surface area (Å²) in [5.74, 6) is -2.83. The maximum absolute atomic E-state index is 12.6. The average molecular weight is 453 g/mol. The van der Waals surface area contributed by atoms with Gasteiger partial charge >= 0.3 is 5.97 Å². The minimum atomic E-state index is -1.14. The first-order valence-corrected chi connectivity index (χ1v) is 9.57. The molecule has 0 unspecified atom stereocenters. The number of alkyl halides is 1. The summed E-state index contributed by atoms with van der Waals surface area (Å²) in [5.41, 5.74) is 6.24. The van der Waals surface area contributed by atoms with Crippen molar-refractivity contribution in [1.29, 1.82) is 0 Å². The Bertz CT molecular complexity index is 954. The molecule has 1 heterocycles. The molecule has 0 atom stereocenters. The zero-order chi connectivity index (χ0) is 21.4. The lowest BCUT2D eigenvalue weighted by atomic mass is 9.91. The van der Waals surface area contributed by atoms with Crippen LogP contribution in [-0.4, -0.2) is 38.3 Å². The van der Waals surface area contributed by atoms with Gasteiger partial charge in [0.2, 0.25) is 0 Å². The maximum atomic E-state index is 12.6. The monoisotopic (exact) mass is 452 g/mol. The summed E-state index contributed by atoms with van der Waals surface area (Å²) in [4.78, 5) is 35.3. The number of aromatic nitrogens is 1. The molecule has 8 heteroatoms. The second kappa shape index (κ2) is 7.58. The molecule has 0 bridgehead atoms. The number of carbonyl (C=O) groups excluding carboxylic acids is 2. The maximum Gasteiger partial charge on any atom is 0.341 e. The lowest BCUT2D eigenvalue weighted by Crippen LogP contribution is -2.34. The molecule has 28 heavy (non-hydrogen) atoms. The Morgan fingerprint density at radius 2 is 1.82 bits per heavy atom. The van der Waals surface area contributed by atoms with Gasteiger partial charge in [0.05, 0.1) is 16.5 Å². The molecule has 0 radical (unpaired) electrons. The number of nitrogens with two attached hydrogens (primary N) is 1. The number of rotatable bonds is 8. The summed E-state index contributed by atoms with van der Waals surface area (Å²) in [6.07, 6.45) is 0.717. The summed E-state index contributed by atoms with van der Waals surface area (Å²) in [5, 5.41) is 9.35. The highest BCUT2D eigenvalue weighted by Crippen LogP contribution is 2.41. The predicted molar refractivity (Wildman–Crippen MR) is 110 cm³/mol. The number of hydrogen-bond donors (Lipinski definition) is 2. The van der Waals surface area contributed by atoms with E-state index in [1.54, 1.807) is 19.1 Å². The number of primary amides is 1. The average Bonchev–Trinajstić information content (AvgIpc) is 2.82. The summed E-state index contributed by atoms with van der Waals surface area (Å²) >= 11 is 3.67. The van der Waals surface area contributed by atoms with Crippen LogP contribution in [0, 0.1) is 6.92 Å². The van der Waals surface area contributed by atoms with E-state index in [0.29, 0.717) is 16.6 Å². The van der Waals surface area contributed by atoms with Gasteiger partial charge in [-0.15, -0.1) is 0 Å². The summed E-state index contributed by atoms with van der Waals surface area (Å²) in [6, 6.07) is 5.12. The molecule has 2 aromatic rings. The minimum Gasteiger partial charge on any atom is -0.481 e. The van der Waals surface area contributed by atoms with Crippen molar-refractivity contribution >= 4 is 44.5 Å². The second-order valence-corrected chi connectivity index (χ2v) is 10.2. The van der Waals surface area contributed by atoms with Gasteiger partial charge < -0.3 is 20.1 Å². The number of benzene rings is 1. The fourth-order valence-corrected chi connectivity index (χ4v) is 4.67.